The van der Waals surface area contributed by atoms with E-state index in [9.17, 15) is 4.79 Å². The number of piperidine rings is 2. The quantitative estimate of drug-likeness (QED) is 0.575. The lowest BCUT2D eigenvalue weighted by Gasteiger charge is -2.32. The summed E-state index contributed by atoms with van der Waals surface area (Å²) in [4.78, 5) is 17.7. The Labute approximate surface area is 201 Å². The van der Waals surface area contributed by atoms with Crippen molar-refractivity contribution in [2.75, 3.05) is 26.2 Å². The van der Waals surface area contributed by atoms with E-state index in [-0.39, 0.29) is 11.8 Å². The van der Waals surface area contributed by atoms with Crippen LogP contribution in [0.1, 0.15) is 48.8 Å². The molecule has 1 N–H and O–H groups in total. The Morgan fingerprint density at radius 3 is 2.34 bits per heavy atom. The fraction of sp³-hybridized carbons (Fsp3) is 0.500. The lowest BCUT2D eigenvalue weighted by atomic mass is 9.96. The van der Waals surface area contributed by atoms with E-state index in [0.29, 0.717) is 23.1 Å². The van der Waals surface area contributed by atoms with E-state index >= 15 is 0 Å². The molecule has 1 atom stereocenters. The van der Waals surface area contributed by atoms with Crippen LogP contribution in [0.15, 0.2) is 42.5 Å². The van der Waals surface area contributed by atoms with Crippen molar-refractivity contribution in [3.8, 4) is 0 Å². The minimum atomic E-state index is 0.00143. The molecule has 1 amide bonds. The van der Waals surface area contributed by atoms with Crippen molar-refractivity contribution >= 4 is 29.1 Å². The van der Waals surface area contributed by atoms with E-state index in [1.807, 2.05) is 18.2 Å². The molecular formula is C26H33Cl2N3O. The third-order valence-corrected chi connectivity index (χ3v) is 7.34. The molecule has 2 fully saturated rings. The molecule has 2 aliphatic heterocycles. The van der Waals surface area contributed by atoms with E-state index in [1.54, 1.807) is 0 Å². The van der Waals surface area contributed by atoms with Gasteiger partial charge in [0.1, 0.15) is 0 Å². The molecule has 2 aromatic carbocycles. The summed E-state index contributed by atoms with van der Waals surface area (Å²) in [7, 11) is 0. The summed E-state index contributed by atoms with van der Waals surface area (Å²) in [5, 5.41) is 4.55. The Balaban J connectivity index is 1.28. The van der Waals surface area contributed by atoms with Gasteiger partial charge in [0.15, 0.2) is 0 Å². The van der Waals surface area contributed by atoms with Crippen molar-refractivity contribution in [1.29, 1.82) is 0 Å². The predicted molar refractivity (Wildman–Crippen MR) is 132 cm³/mol. The van der Waals surface area contributed by atoms with Crippen molar-refractivity contribution in [2.45, 2.75) is 51.7 Å². The molecule has 0 spiro atoms. The fourth-order valence-corrected chi connectivity index (χ4v) is 5.38. The molecular weight excluding hydrogens is 441 g/mol. The zero-order chi connectivity index (χ0) is 22.3. The third-order valence-electron chi connectivity index (χ3n) is 6.63. The Kier molecular flexibility index (Phi) is 8.48. The van der Waals surface area contributed by atoms with Crippen LogP contribution < -0.4 is 5.32 Å². The van der Waals surface area contributed by atoms with Gasteiger partial charge in [-0.2, -0.15) is 0 Å². The first-order valence-corrected chi connectivity index (χ1v) is 12.6. The van der Waals surface area contributed by atoms with Crippen molar-refractivity contribution in [1.82, 2.24) is 15.1 Å². The number of halogens is 2. The van der Waals surface area contributed by atoms with Gasteiger partial charge in [0, 0.05) is 41.8 Å². The third kappa shape index (κ3) is 6.48. The first-order chi connectivity index (χ1) is 15.6. The molecule has 4 nitrogen and oxygen atoms in total. The largest absolute Gasteiger partial charge is 0.352 e. The van der Waals surface area contributed by atoms with E-state index in [2.05, 4.69) is 39.4 Å². The fourth-order valence-electron chi connectivity index (χ4n) is 4.87. The van der Waals surface area contributed by atoms with Gasteiger partial charge in [0.05, 0.1) is 5.92 Å². The second-order valence-corrected chi connectivity index (χ2v) is 9.96. The summed E-state index contributed by atoms with van der Waals surface area (Å²) in [5.41, 5.74) is 3.45. The normalized spacial score (nSPS) is 20.2. The Morgan fingerprint density at radius 1 is 0.875 bits per heavy atom. The molecule has 0 saturated carbocycles. The number of nitrogens with one attached hydrogen (secondary N) is 1. The summed E-state index contributed by atoms with van der Waals surface area (Å²) >= 11 is 12.7. The van der Waals surface area contributed by atoms with Crippen LogP contribution >= 0.6 is 23.2 Å². The standard InChI is InChI=1S/C26H33Cl2N3O/c27-24-10-5-11-25(28)23(24)19-31-14-6-9-22(18-31)26(32)29-16-20-7-4-8-21(15-20)17-30-12-2-1-3-13-30/h4-5,7-8,10-11,15,22H,1-3,6,9,12-14,16-19H2,(H,29,32). The van der Waals surface area contributed by atoms with Gasteiger partial charge in [0.2, 0.25) is 5.91 Å². The van der Waals surface area contributed by atoms with Gasteiger partial charge in [-0.3, -0.25) is 14.6 Å². The van der Waals surface area contributed by atoms with Gasteiger partial charge in [0.25, 0.3) is 0 Å². The number of hydrogen-bond donors (Lipinski definition) is 1. The number of benzene rings is 2. The zero-order valence-corrected chi connectivity index (χ0v) is 20.2. The smallest absolute Gasteiger partial charge is 0.224 e. The molecule has 2 aromatic rings. The minimum Gasteiger partial charge on any atom is -0.352 e. The highest BCUT2D eigenvalue weighted by atomic mass is 35.5. The van der Waals surface area contributed by atoms with Crippen molar-refractivity contribution in [2.24, 2.45) is 5.92 Å². The minimum absolute atomic E-state index is 0.00143. The van der Waals surface area contributed by atoms with Crippen molar-refractivity contribution < 1.29 is 4.79 Å². The second kappa shape index (κ2) is 11.5. The van der Waals surface area contributed by atoms with E-state index in [0.717, 1.165) is 38.0 Å². The molecule has 4 rings (SSSR count). The number of nitrogens with zero attached hydrogens (tertiary/aromatic N) is 2. The molecule has 0 aromatic heterocycles. The lowest BCUT2D eigenvalue weighted by molar-refractivity contribution is -0.126. The molecule has 1 unspecified atom stereocenters. The van der Waals surface area contributed by atoms with Crippen LogP contribution in [-0.2, 0) is 24.4 Å². The molecule has 6 heteroatoms. The number of likely N-dealkylation sites (tertiary alicyclic amines) is 2. The van der Waals surface area contributed by atoms with Gasteiger partial charge >= 0.3 is 0 Å². The number of hydrogen-bond acceptors (Lipinski definition) is 3. The summed E-state index contributed by atoms with van der Waals surface area (Å²) in [6.45, 7) is 6.35. The average Bonchev–Trinajstić information content (AvgIpc) is 2.81. The van der Waals surface area contributed by atoms with Crippen LogP contribution in [0.25, 0.3) is 0 Å². The lowest BCUT2D eigenvalue weighted by Crippen LogP contribution is -2.42. The number of carbonyl (C=O) groups is 1. The molecule has 172 valence electrons. The second-order valence-electron chi connectivity index (χ2n) is 9.15. The summed E-state index contributed by atoms with van der Waals surface area (Å²) < 4.78 is 0. The highest BCUT2D eigenvalue weighted by Crippen LogP contribution is 2.28. The Bertz CT molecular complexity index is 893. The van der Waals surface area contributed by atoms with Gasteiger partial charge in [-0.1, -0.05) is 60.0 Å². The van der Waals surface area contributed by atoms with Crippen LogP contribution in [0, 0.1) is 5.92 Å². The average molecular weight is 474 g/mol. The van der Waals surface area contributed by atoms with Gasteiger partial charge < -0.3 is 5.32 Å². The van der Waals surface area contributed by atoms with Crippen LogP contribution in [0.5, 0.6) is 0 Å². The highest BCUT2D eigenvalue weighted by Gasteiger charge is 2.26. The zero-order valence-electron chi connectivity index (χ0n) is 18.7. The highest BCUT2D eigenvalue weighted by molar-refractivity contribution is 6.35. The molecule has 32 heavy (non-hydrogen) atoms. The number of amides is 1. The maximum Gasteiger partial charge on any atom is 0.224 e. The maximum absolute atomic E-state index is 12.9. The predicted octanol–water partition coefficient (Wildman–Crippen LogP) is 5.51. The molecule has 0 bridgehead atoms. The topological polar surface area (TPSA) is 35.6 Å². The van der Waals surface area contributed by atoms with Crippen LogP contribution in [-0.4, -0.2) is 41.9 Å². The first-order valence-electron chi connectivity index (χ1n) is 11.8. The maximum atomic E-state index is 12.9. The Hall–Kier alpha value is -1.59. The summed E-state index contributed by atoms with van der Waals surface area (Å²) in [6, 6.07) is 14.2. The number of carbonyl (C=O) groups excluding carboxylic acids is 1. The van der Waals surface area contributed by atoms with Gasteiger partial charge in [-0.05, 0) is 68.6 Å². The SMILES string of the molecule is O=C(NCc1cccc(CN2CCCCC2)c1)C1CCCN(Cc2c(Cl)cccc2Cl)C1. The molecule has 2 saturated heterocycles. The van der Waals surface area contributed by atoms with Gasteiger partial charge in [-0.25, -0.2) is 0 Å². The van der Waals surface area contributed by atoms with Crippen LogP contribution in [0.2, 0.25) is 10.0 Å². The molecule has 0 radical (unpaired) electrons. The first kappa shape index (κ1) is 23.6. The van der Waals surface area contributed by atoms with Crippen LogP contribution in [0.3, 0.4) is 0 Å². The van der Waals surface area contributed by atoms with E-state index < -0.39 is 0 Å². The molecule has 2 aliphatic rings. The monoisotopic (exact) mass is 473 g/mol. The van der Waals surface area contributed by atoms with Gasteiger partial charge in [-0.15, -0.1) is 0 Å². The Morgan fingerprint density at radius 2 is 1.56 bits per heavy atom. The van der Waals surface area contributed by atoms with Crippen LogP contribution in [0.4, 0.5) is 0 Å². The van der Waals surface area contributed by atoms with Crippen molar-refractivity contribution in [3.05, 3.63) is 69.2 Å². The molecule has 2 heterocycles. The van der Waals surface area contributed by atoms with Crippen molar-refractivity contribution in [3.63, 3.8) is 0 Å². The summed E-state index contributed by atoms with van der Waals surface area (Å²) in [6.07, 6.45) is 5.89. The molecule has 0 aliphatic carbocycles. The van der Waals surface area contributed by atoms with E-state index in [1.165, 1.54) is 43.5 Å². The number of rotatable bonds is 7. The summed E-state index contributed by atoms with van der Waals surface area (Å²) in [5.74, 6) is 0.142. The van der Waals surface area contributed by atoms with E-state index in [4.69, 9.17) is 23.2 Å².